The number of benzene rings is 1. The van der Waals surface area contributed by atoms with Gasteiger partial charge in [0.1, 0.15) is 0 Å². The van der Waals surface area contributed by atoms with Crippen LogP contribution in [0.3, 0.4) is 0 Å². The quantitative estimate of drug-likeness (QED) is 0.780. The van der Waals surface area contributed by atoms with Crippen LogP contribution in [0.4, 0.5) is 9.93 Å². The molecule has 1 atom stereocenters. The number of aryl methyl sites for hydroxylation is 1. The molecule has 24 heavy (non-hydrogen) atoms. The summed E-state index contributed by atoms with van der Waals surface area (Å²) >= 11 is 1.42. The molecule has 1 aromatic carbocycles. The molecular formula is C17H17N5OS. The number of carbonyl (C=O) groups is 1. The van der Waals surface area contributed by atoms with Crippen LogP contribution in [0.5, 0.6) is 0 Å². The first kappa shape index (κ1) is 14.9. The van der Waals surface area contributed by atoms with E-state index in [0.717, 1.165) is 5.56 Å². The number of amides is 2. The molecule has 6 nitrogen and oxygen atoms in total. The second-order valence-electron chi connectivity index (χ2n) is 5.85. The molecule has 3 heterocycles. The van der Waals surface area contributed by atoms with Crippen molar-refractivity contribution in [3.8, 4) is 0 Å². The van der Waals surface area contributed by atoms with Gasteiger partial charge in [0.05, 0.1) is 6.20 Å². The molecule has 2 aromatic heterocycles. The number of fused-ring (bicyclic) bond motifs is 1. The van der Waals surface area contributed by atoms with Crippen molar-refractivity contribution in [1.29, 1.82) is 0 Å². The second kappa shape index (κ2) is 6.09. The maximum atomic E-state index is 12.6. The number of urea groups is 1. The van der Waals surface area contributed by atoms with Gasteiger partial charge in [0.15, 0.2) is 5.13 Å². The summed E-state index contributed by atoms with van der Waals surface area (Å²) < 4.78 is 1.80. The maximum Gasteiger partial charge on any atom is 0.323 e. The highest BCUT2D eigenvalue weighted by molar-refractivity contribution is 7.13. The minimum atomic E-state index is -0.117. The Morgan fingerprint density at radius 1 is 1.38 bits per heavy atom. The zero-order chi connectivity index (χ0) is 16.5. The summed E-state index contributed by atoms with van der Waals surface area (Å²) in [5.74, 6) is 0.130. The summed E-state index contributed by atoms with van der Waals surface area (Å²) in [6.45, 7) is 1.23. The largest absolute Gasteiger partial charge is 0.323 e. The monoisotopic (exact) mass is 339 g/mol. The first-order chi connectivity index (χ1) is 11.7. The van der Waals surface area contributed by atoms with Crippen molar-refractivity contribution in [2.75, 3.05) is 11.9 Å². The maximum absolute atomic E-state index is 12.6. The van der Waals surface area contributed by atoms with Gasteiger partial charge in [0.2, 0.25) is 0 Å². The third kappa shape index (κ3) is 2.78. The van der Waals surface area contributed by atoms with Crippen molar-refractivity contribution in [2.45, 2.75) is 12.5 Å². The Labute approximate surface area is 143 Å². The lowest BCUT2D eigenvalue weighted by Gasteiger charge is -2.34. The average molecular weight is 339 g/mol. The van der Waals surface area contributed by atoms with E-state index >= 15 is 0 Å². The van der Waals surface area contributed by atoms with E-state index in [1.165, 1.54) is 22.5 Å². The molecule has 1 aliphatic rings. The molecule has 4 rings (SSSR count). The van der Waals surface area contributed by atoms with E-state index in [1.54, 1.807) is 10.9 Å². The normalized spacial score (nSPS) is 16.7. The highest BCUT2D eigenvalue weighted by atomic mass is 32.1. The van der Waals surface area contributed by atoms with Gasteiger partial charge in [-0.25, -0.2) is 9.78 Å². The van der Waals surface area contributed by atoms with Crippen LogP contribution in [-0.2, 0) is 13.6 Å². The number of hydrogen-bond acceptors (Lipinski definition) is 4. The van der Waals surface area contributed by atoms with Crippen molar-refractivity contribution in [3.63, 3.8) is 0 Å². The molecule has 0 saturated carbocycles. The predicted molar refractivity (Wildman–Crippen MR) is 93.0 cm³/mol. The number of nitrogens with one attached hydrogen (secondary N) is 1. The lowest BCUT2D eigenvalue weighted by atomic mass is 9.86. The van der Waals surface area contributed by atoms with Gasteiger partial charge in [-0.1, -0.05) is 24.3 Å². The van der Waals surface area contributed by atoms with Gasteiger partial charge >= 0.3 is 6.03 Å². The van der Waals surface area contributed by atoms with E-state index in [9.17, 15) is 4.79 Å². The summed E-state index contributed by atoms with van der Waals surface area (Å²) in [5, 5.41) is 9.63. The Morgan fingerprint density at radius 3 is 3.00 bits per heavy atom. The summed E-state index contributed by atoms with van der Waals surface area (Å²) in [6, 6.07) is 8.17. The van der Waals surface area contributed by atoms with Crippen LogP contribution in [0.25, 0.3) is 0 Å². The summed E-state index contributed by atoms with van der Waals surface area (Å²) in [6.07, 6.45) is 5.58. The van der Waals surface area contributed by atoms with Crippen LogP contribution < -0.4 is 5.32 Å². The molecule has 3 aromatic rings. The van der Waals surface area contributed by atoms with E-state index < -0.39 is 0 Å². The molecule has 0 fully saturated rings. The number of rotatable bonds is 2. The Kier molecular flexibility index (Phi) is 3.78. The Balaban J connectivity index is 1.63. The number of hydrogen-bond donors (Lipinski definition) is 1. The van der Waals surface area contributed by atoms with E-state index in [0.29, 0.717) is 18.2 Å². The van der Waals surface area contributed by atoms with E-state index in [4.69, 9.17) is 0 Å². The number of thiazole rings is 1. The number of aromatic nitrogens is 3. The fourth-order valence-electron chi connectivity index (χ4n) is 3.12. The number of carbonyl (C=O) groups excluding carboxylic acids is 1. The summed E-state index contributed by atoms with van der Waals surface area (Å²) in [5.41, 5.74) is 3.56. The molecule has 0 aliphatic carbocycles. The minimum absolute atomic E-state index is 0.117. The van der Waals surface area contributed by atoms with Gasteiger partial charge in [0.25, 0.3) is 0 Å². The first-order valence-electron chi connectivity index (χ1n) is 7.72. The molecule has 122 valence electrons. The Hall–Kier alpha value is -2.67. The van der Waals surface area contributed by atoms with Gasteiger partial charge in [-0.05, 0) is 16.7 Å². The average Bonchev–Trinajstić information content (AvgIpc) is 3.25. The summed E-state index contributed by atoms with van der Waals surface area (Å²) in [4.78, 5) is 18.6. The number of anilines is 1. The van der Waals surface area contributed by atoms with Gasteiger partial charge in [0, 0.05) is 43.8 Å². The van der Waals surface area contributed by atoms with Gasteiger partial charge in [-0.3, -0.25) is 10.00 Å². The predicted octanol–water partition coefficient (Wildman–Crippen LogP) is 3.06. The van der Waals surface area contributed by atoms with Gasteiger partial charge < -0.3 is 4.90 Å². The number of nitrogens with zero attached hydrogens (tertiary/aromatic N) is 4. The van der Waals surface area contributed by atoms with Crippen molar-refractivity contribution in [3.05, 3.63) is 64.9 Å². The second-order valence-corrected chi connectivity index (χ2v) is 6.74. The fourth-order valence-corrected chi connectivity index (χ4v) is 3.64. The standard InChI is InChI=1S/C17H17N5OS/c1-21-9-13(8-19-21)15-11-22(10-12-4-2-3-5-14(12)15)17(23)20-16-18-6-7-24-16/h2-9,15H,10-11H2,1H3,(H,18,20,23)/t15-/m1/s1. The molecule has 0 bridgehead atoms. The zero-order valence-electron chi connectivity index (χ0n) is 13.2. The molecule has 2 amide bonds. The summed E-state index contributed by atoms with van der Waals surface area (Å²) in [7, 11) is 1.91. The molecule has 0 spiro atoms. The van der Waals surface area contributed by atoms with Crippen LogP contribution in [0.1, 0.15) is 22.6 Å². The molecule has 1 N–H and O–H groups in total. The zero-order valence-corrected chi connectivity index (χ0v) is 14.0. The van der Waals surface area contributed by atoms with Crippen LogP contribution in [0, 0.1) is 0 Å². The molecule has 7 heteroatoms. The van der Waals surface area contributed by atoms with Crippen LogP contribution in [0.2, 0.25) is 0 Å². The van der Waals surface area contributed by atoms with E-state index in [-0.39, 0.29) is 11.9 Å². The molecule has 0 radical (unpaired) electrons. The van der Waals surface area contributed by atoms with E-state index in [1.807, 2.05) is 41.9 Å². The third-order valence-electron chi connectivity index (χ3n) is 4.26. The Morgan fingerprint density at radius 2 is 2.25 bits per heavy atom. The molecule has 1 aliphatic heterocycles. The highest BCUT2D eigenvalue weighted by Gasteiger charge is 2.30. The Bertz CT molecular complexity index is 858. The molecular weight excluding hydrogens is 322 g/mol. The first-order valence-corrected chi connectivity index (χ1v) is 8.60. The van der Waals surface area contributed by atoms with Crippen molar-refractivity contribution in [1.82, 2.24) is 19.7 Å². The molecule has 0 unspecified atom stereocenters. The topological polar surface area (TPSA) is 63.1 Å². The molecule has 0 saturated heterocycles. The highest BCUT2D eigenvalue weighted by Crippen LogP contribution is 2.33. The van der Waals surface area contributed by atoms with Crippen molar-refractivity contribution < 1.29 is 4.79 Å². The lowest BCUT2D eigenvalue weighted by molar-refractivity contribution is 0.203. The smallest absolute Gasteiger partial charge is 0.319 e. The van der Waals surface area contributed by atoms with E-state index in [2.05, 4.69) is 27.5 Å². The third-order valence-corrected chi connectivity index (χ3v) is 4.94. The SMILES string of the molecule is Cn1cc([C@H]2CN(C(=O)Nc3nccs3)Cc3ccccc32)cn1. The van der Waals surface area contributed by atoms with Crippen molar-refractivity contribution in [2.24, 2.45) is 7.05 Å². The van der Waals surface area contributed by atoms with Crippen LogP contribution in [0.15, 0.2) is 48.2 Å². The minimum Gasteiger partial charge on any atom is -0.319 e. The van der Waals surface area contributed by atoms with Gasteiger partial charge in [-0.2, -0.15) is 5.10 Å². The fraction of sp³-hybridized carbons (Fsp3) is 0.235. The van der Waals surface area contributed by atoms with Crippen LogP contribution >= 0.6 is 11.3 Å². The van der Waals surface area contributed by atoms with Crippen LogP contribution in [-0.4, -0.2) is 32.2 Å². The lowest BCUT2D eigenvalue weighted by Crippen LogP contribution is -2.41. The van der Waals surface area contributed by atoms with Gasteiger partial charge in [-0.15, -0.1) is 11.3 Å². The van der Waals surface area contributed by atoms with Crippen molar-refractivity contribution >= 4 is 22.5 Å².